The van der Waals surface area contributed by atoms with Gasteiger partial charge in [0.25, 0.3) is 0 Å². The molecule has 1 N–H and O–H groups in total. The second kappa shape index (κ2) is 9.95. The predicted octanol–water partition coefficient (Wildman–Crippen LogP) is 6.71. The Bertz CT molecular complexity index is 1260. The fourth-order valence-electron chi connectivity index (χ4n) is 9.58. The van der Waals surface area contributed by atoms with E-state index < -0.39 is 22.7 Å². The third kappa shape index (κ3) is 4.28. The summed E-state index contributed by atoms with van der Waals surface area (Å²) in [6, 6.07) is 9.50. The molecule has 0 bridgehead atoms. The number of carboxylic acids is 1. The Morgan fingerprint density at radius 2 is 1.70 bits per heavy atom. The first-order chi connectivity index (χ1) is 18.8. The molecule has 40 heavy (non-hydrogen) atoms. The Labute approximate surface area is 237 Å². The molecule has 2 fully saturated rings. The van der Waals surface area contributed by atoms with Crippen LogP contribution in [0.2, 0.25) is 0 Å². The Morgan fingerprint density at radius 1 is 1.00 bits per heavy atom. The number of rotatable bonds is 7. The molecule has 6 nitrogen and oxygen atoms in total. The van der Waals surface area contributed by atoms with E-state index in [0.717, 1.165) is 36.8 Å². The van der Waals surface area contributed by atoms with Crippen molar-refractivity contribution in [2.75, 3.05) is 0 Å². The number of esters is 1. The van der Waals surface area contributed by atoms with Crippen molar-refractivity contribution in [3.63, 3.8) is 0 Å². The Balaban J connectivity index is 1.49. The predicted molar refractivity (Wildman–Crippen MR) is 151 cm³/mol. The normalized spacial score (nSPS) is 35.4. The third-order valence-corrected chi connectivity index (χ3v) is 12.0. The lowest BCUT2D eigenvalue weighted by atomic mass is 9.43. The molecule has 0 spiro atoms. The molecule has 6 atom stereocenters. The van der Waals surface area contributed by atoms with Crippen molar-refractivity contribution in [2.45, 2.75) is 99.0 Å². The van der Waals surface area contributed by atoms with Crippen molar-refractivity contribution in [3.05, 3.63) is 47.0 Å². The standard InChI is InChI=1S/C34H44O6/c1-31(2)26-13-12-24-29(32(26,3)17-16-27(31)36)25(35)19-34(5)23(15-18-33(24,34)4)22(11-14-28(37)38)30(39)40-20-21-9-7-6-8-10-21/h6-10,22-23,26H,11-20H2,1-5H3,(H,37,38)/t22-,23-,26-,32-,33+,34-/m0/s1. The van der Waals surface area contributed by atoms with Gasteiger partial charge in [-0.1, -0.05) is 70.5 Å². The SMILES string of the molecule is CC1(C)C(=O)CC[C@]2(C)C3=C(CC[C@@H]12)[C@@]1(C)CC[C@@H]([C@H](CCC(=O)O)C(=O)OCc2ccccc2)[C@]1(C)CC3=O. The number of hydrogen-bond acceptors (Lipinski definition) is 5. The maximum Gasteiger partial charge on any atom is 0.309 e. The number of ether oxygens (including phenoxy) is 1. The Morgan fingerprint density at radius 3 is 2.38 bits per heavy atom. The highest BCUT2D eigenvalue weighted by molar-refractivity contribution is 6.00. The van der Waals surface area contributed by atoms with Crippen LogP contribution in [0.4, 0.5) is 0 Å². The number of carbonyl (C=O) groups excluding carboxylic acids is 3. The molecule has 1 aromatic rings. The van der Waals surface area contributed by atoms with Gasteiger partial charge in [-0.2, -0.15) is 0 Å². The fraction of sp³-hybridized carbons (Fsp3) is 0.647. The summed E-state index contributed by atoms with van der Waals surface area (Å²) in [7, 11) is 0. The molecule has 216 valence electrons. The van der Waals surface area contributed by atoms with Gasteiger partial charge in [-0.15, -0.1) is 0 Å². The van der Waals surface area contributed by atoms with E-state index in [-0.39, 0.29) is 53.9 Å². The van der Waals surface area contributed by atoms with Crippen molar-refractivity contribution in [3.8, 4) is 0 Å². The lowest BCUT2D eigenvalue weighted by Crippen LogP contribution is -2.56. The fourth-order valence-corrected chi connectivity index (χ4v) is 9.58. The average molecular weight is 549 g/mol. The summed E-state index contributed by atoms with van der Waals surface area (Å²) < 4.78 is 5.78. The van der Waals surface area contributed by atoms with E-state index in [9.17, 15) is 24.3 Å². The summed E-state index contributed by atoms with van der Waals surface area (Å²) in [5.41, 5.74) is 1.60. The van der Waals surface area contributed by atoms with Crippen LogP contribution in [0.5, 0.6) is 0 Å². The summed E-state index contributed by atoms with van der Waals surface area (Å²) in [5, 5.41) is 9.50. The van der Waals surface area contributed by atoms with E-state index in [4.69, 9.17) is 4.74 Å². The average Bonchev–Trinajstić information content (AvgIpc) is 3.16. The molecule has 4 aliphatic rings. The van der Waals surface area contributed by atoms with Crippen molar-refractivity contribution in [2.24, 2.45) is 39.4 Å². The molecule has 0 heterocycles. The van der Waals surface area contributed by atoms with Crippen molar-refractivity contribution in [1.82, 2.24) is 0 Å². The van der Waals surface area contributed by atoms with Gasteiger partial charge in [0.05, 0.1) is 5.92 Å². The van der Waals surface area contributed by atoms with Gasteiger partial charge >= 0.3 is 11.9 Å². The first-order valence-corrected chi connectivity index (χ1v) is 15.0. The summed E-state index contributed by atoms with van der Waals surface area (Å²) in [6.45, 7) is 10.9. The molecule has 0 saturated heterocycles. The molecule has 0 aliphatic heterocycles. The lowest BCUT2D eigenvalue weighted by Gasteiger charge is -2.60. The van der Waals surface area contributed by atoms with E-state index in [1.807, 2.05) is 30.3 Å². The number of fused-ring (bicyclic) bond motifs is 4. The van der Waals surface area contributed by atoms with Gasteiger partial charge in [-0.05, 0) is 66.8 Å². The number of allylic oxidation sites excluding steroid dienone is 2. The first-order valence-electron chi connectivity index (χ1n) is 15.0. The van der Waals surface area contributed by atoms with E-state index >= 15 is 0 Å². The van der Waals surface area contributed by atoms with Crippen LogP contribution in [-0.2, 0) is 30.5 Å². The van der Waals surface area contributed by atoms with Crippen molar-refractivity contribution in [1.29, 1.82) is 0 Å². The zero-order valence-corrected chi connectivity index (χ0v) is 24.7. The quantitative estimate of drug-likeness (QED) is 0.381. The summed E-state index contributed by atoms with van der Waals surface area (Å²) >= 11 is 0. The lowest BCUT2D eigenvalue weighted by molar-refractivity contribution is -0.156. The molecular weight excluding hydrogens is 504 g/mol. The van der Waals surface area contributed by atoms with E-state index in [1.54, 1.807) is 0 Å². The van der Waals surface area contributed by atoms with Gasteiger partial charge < -0.3 is 9.84 Å². The Hall–Kier alpha value is -2.76. The highest BCUT2D eigenvalue weighted by Gasteiger charge is 2.66. The van der Waals surface area contributed by atoms with Crippen LogP contribution >= 0.6 is 0 Å². The molecule has 2 saturated carbocycles. The topological polar surface area (TPSA) is 97.7 Å². The van der Waals surface area contributed by atoms with Gasteiger partial charge in [-0.25, -0.2) is 0 Å². The van der Waals surface area contributed by atoms with Crippen LogP contribution in [0.15, 0.2) is 41.5 Å². The van der Waals surface area contributed by atoms with Crippen LogP contribution in [-0.4, -0.2) is 28.6 Å². The zero-order chi connectivity index (χ0) is 29.1. The molecule has 5 rings (SSSR count). The highest BCUT2D eigenvalue weighted by atomic mass is 16.5. The molecule has 0 radical (unpaired) electrons. The summed E-state index contributed by atoms with van der Waals surface area (Å²) in [4.78, 5) is 52.3. The summed E-state index contributed by atoms with van der Waals surface area (Å²) in [5.74, 6) is -1.42. The van der Waals surface area contributed by atoms with Crippen LogP contribution in [0, 0.1) is 39.4 Å². The largest absolute Gasteiger partial charge is 0.481 e. The number of hydrogen-bond donors (Lipinski definition) is 1. The van der Waals surface area contributed by atoms with Gasteiger partial charge in [0.15, 0.2) is 5.78 Å². The Kier molecular flexibility index (Phi) is 7.16. The van der Waals surface area contributed by atoms with Crippen LogP contribution in [0.1, 0.15) is 98.0 Å². The van der Waals surface area contributed by atoms with Crippen LogP contribution in [0.25, 0.3) is 0 Å². The minimum absolute atomic E-state index is 0.112. The molecule has 0 aromatic heterocycles. The van der Waals surface area contributed by atoms with E-state index in [0.29, 0.717) is 25.0 Å². The second-order valence-electron chi connectivity index (χ2n) is 14.1. The van der Waals surface area contributed by atoms with Gasteiger partial charge in [-0.3, -0.25) is 19.2 Å². The second-order valence-corrected chi connectivity index (χ2v) is 14.1. The maximum atomic E-state index is 14.2. The molecule has 0 amide bonds. The van der Waals surface area contributed by atoms with Crippen molar-refractivity contribution >= 4 is 23.5 Å². The van der Waals surface area contributed by atoms with Gasteiger partial charge in [0.1, 0.15) is 12.4 Å². The smallest absolute Gasteiger partial charge is 0.309 e. The first kappa shape index (κ1) is 28.8. The third-order valence-electron chi connectivity index (χ3n) is 12.0. The zero-order valence-electron chi connectivity index (χ0n) is 24.7. The number of ketones is 2. The van der Waals surface area contributed by atoms with Gasteiger partial charge in [0.2, 0.25) is 0 Å². The number of carboxylic acid groups (broad SMARTS) is 1. The van der Waals surface area contributed by atoms with E-state index in [2.05, 4.69) is 34.6 Å². The minimum atomic E-state index is -0.933. The number of aliphatic carboxylic acids is 1. The number of Topliss-reactive ketones (excluding diaryl/α,β-unsaturated/α-hetero) is 2. The maximum absolute atomic E-state index is 14.2. The van der Waals surface area contributed by atoms with Gasteiger partial charge in [0, 0.05) is 35.7 Å². The molecular formula is C34H44O6. The number of benzene rings is 1. The van der Waals surface area contributed by atoms with Crippen molar-refractivity contribution < 1.29 is 29.0 Å². The molecule has 6 heteroatoms. The van der Waals surface area contributed by atoms with Crippen LogP contribution < -0.4 is 0 Å². The van der Waals surface area contributed by atoms with Crippen LogP contribution in [0.3, 0.4) is 0 Å². The molecule has 1 aromatic carbocycles. The molecule has 4 aliphatic carbocycles. The minimum Gasteiger partial charge on any atom is -0.481 e. The summed E-state index contributed by atoms with van der Waals surface area (Å²) in [6.07, 6.45) is 4.96. The monoisotopic (exact) mass is 548 g/mol. The molecule has 0 unspecified atom stereocenters. The van der Waals surface area contributed by atoms with E-state index in [1.165, 1.54) is 5.57 Å². The number of carbonyl (C=O) groups is 4. The highest BCUT2D eigenvalue weighted by Crippen LogP contribution is 2.71.